The van der Waals surface area contributed by atoms with Gasteiger partial charge in [0.25, 0.3) is 0 Å². The summed E-state index contributed by atoms with van der Waals surface area (Å²) in [6.45, 7) is 6.37. The largest absolute Gasteiger partial charge is 0.384 e. The van der Waals surface area contributed by atoms with Crippen molar-refractivity contribution in [1.29, 1.82) is 0 Å². The summed E-state index contributed by atoms with van der Waals surface area (Å²) in [4.78, 5) is 20.1. The maximum Gasteiger partial charge on any atom is 0.161 e. The molecule has 2 fully saturated rings. The van der Waals surface area contributed by atoms with Crippen LogP contribution in [0, 0.1) is 0 Å². The Labute approximate surface area is 137 Å². The number of rotatable bonds is 4. The molecule has 23 heavy (non-hydrogen) atoms. The molecule has 1 unspecified atom stereocenters. The number of aliphatic hydroxyl groups is 1. The highest BCUT2D eigenvalue weighted by atomic mass is 16.5. The van der Waals surface area contributed by atoms with Crippen LogP contribution in [0.15, 0.2) is 18.3 Å². The van der Waals surface area contributed by atoms with Gasteiger partial charge < -0.3 is 19.6 Å². The second-order valence-electron chi connectivity index (χ2n) is 6.64. The summed E-state index contributed by atoms with van der Waals surface area (Å²) in [6, 6.07) is 3.63. The van der Waals surface area contributed by atoms with Crippen molar-refractivity contribution in [3.05, 3.63) is 23.9 Å². The van der Waals surface area contributed by atoms with Gasteiger partial charge in [-0.25, -0.2) is 4.98 Å². The first-order chi connectivity index (χ1) is 11.1. The Hall–Kier alpha value is -1.50. The van der Waals surface area contributed by atoms with Crippen LogP contribution in [0.5, 0.6) is 0 Å². The molecule has 0 amide bonds. The molecule has 1 aromatic heterocycles. The van der Waals surface area contributed by atoms with Crippen molar-refractivity contribution in [3.63, 3.8) is 0 Å². The van der Waals surface area contributed by atoms with Crippen LogP contribution in [-0.2, 0) is 4.74 Å². The fraction of sp³-hybridized carbons (Fsp3) is 0.647. The minimum Gasteiger partial charge on any atom is -0.384 e. The van der Waals surface area contributed by atoms with Crippen molar-refractivity contribution < 1.29 is 14.6 Å². The van der Waals surface area contributed by atoms with Gasteiger partial charge in [-0.2, -0.15) is 0 Å². The normalized spacial score (nSPS) is 26.3. The SMILES string of the molecule is CC(=O)c1ccc(N2CCOCC(O)(CN3CCCC3)C2)nc1. The maximum absolute atomic E-state index is 11.4. The first kappa shape index (κ1) is 16.4. The number of carbonyl (C=O) groups is 1. The quantitative estimate of drug-likeness (QED) is 0.834. The number of nitrogens with zero attached hydrogens (tertiary/aromatic N) is 3. The first-order valence-corrected chi connectivity index (χ1v) is 8.30. The number of pyridine rings is 1. The summed E-state index contributed by atoms with van der Waals surface area (Å²) in [7, 11) is 0. The van der Waals surface area contributed by atoms with E-state index in [1.54, 1.807) is 12.3 Å². The van der Waals surface area contributed by atoms with Crippen LogP contribution in [-0.4, -0.2) is 72.3 Å². The summed E-state index contributed by atoms with van der Waals surface area (Å²) in [5.41, 5.74) is -0.283. The number of β-amino-alcohol motifs (C(OH)–C–C–N with tert-alkyl or cyclic N) is 1. The fourth-order valence-corrected chi connectivity index (χ4v) is 3.35. The molecular weight excluding hydrogens is 294 g/mol. The minimum atomic E-state index is -0.887. The lowest BCUT2D eigenvalue weighted by Gasteiger charge is -2.34. The van der Waals surface area contributed by atoms with Crippen LogP contribution < -0.4 is 4.90 Å². The molecule has 3 rings (SSSR count). The molecule has 126 valence electrons. The fourth-order valence-electron chi connectivity index (χ4n) is 3.35. The van der Waals surface area contributed by atoms with E-state index in [1.807, 2.05) is 11.0 Å². The van der Waals surface area contributed by atoms with Gasteiger partial charge in [0, 0.05) is 24.8 Å². The van der Waals surface area contributed by atoms with E-state index >= 15 is 0 Å². The number of ketones is 1. The zero-order chi connectivity index (χ0) is 16.3. The number of hydrogen-bond acceptors (Lipinski definition) is 6. The molecule has 2 aliphatic heterocycles. The Kier molecular flexibility index (Phi) is 4.94. The standard InChI is InChI=1S/C17H25N3O3/c1-14(21)15-4-5-16(18-10-15)20-8-9-23-13-17(22,12-20)11-19-6-2-3-7-19/h4-5,10,22H,2-3,6-9,11-13H2,1H3. The van der Waals surface area contributed by atoms with Crippen LogP contribution >= 0.6 is 0 Å². The third-order valence-corrected chi connectivity index (χ3v) is 4.56. The van der Waals surface area contributed by atoms with Gasteiger partial charge in [0.2, 0.25) is 0 Å². The van der Waals surface area contributed by atoms with Crippen LogP contribution in [0.4, 0.5) is 5.82 Å². The van der Waals surface area contributed by atoms with E-state index < -0.39 is 5.60 Å². The number of Topliss-reactive ketones (excluding diaryl/α,β-unsaturated/α-hetero) is 1. The van der Waals surface area contributed by atoms with E-state index in [4.69, 9.17) is 4.74 Å². The predicted molar refractivity (Wildman–Crippen MR) is 87.9 cm³/mol. The van der Waals surface area contributed by atoms with Gasteiger partial charge in [-0.3, -0.25) is 4.79 Å². The monoisotopic (exact) mass is 319 g/mol. The molecule has 2 aliphatic rings. The van der Waals surface area contributed by atoms with Gasteiger partial charge in [0.05, 0.1) is 19.8 Å². The van der Waals surface area contributed by atoms with Gasteiger partial charge in [0.15, 0.2) is 5.78 Å². The molecule has 3 heterocycles. The smallest absolute Gasteiger partial charge is 0.161 e. The van der Waals surface area contributed by atoms with Crippen LogP contribution in [0.3, 0.4) is 0 Å². The van der Waals surface area contributed by atoms with Crippen molar-refractivity contribution in [2.24, 2.45) is 0 Å². The number of aromatic nitrogens is 1. The Morgan fingerprint density at radius 2 is 2.13 bits per heavy atom. The van der Waals surface area contributed by atoms with E-state index in [9.17, 15) is 9.90 Å². The van der Waals surface area contributed by atoms with Crippen molar-refractivity contribution in [2.75, 3.05) is 50.8 Å². The van der Waals surface area contributed by atoms with E-state index in [-0.39, 0.29) is 5.78 Å². The summed E-state index contributed by atoms with van der Waals surface area (Å²) >= 11 is 0. The summed E-state index contributed by atoms with van der Waals surface area (Å²) in [5, 5.41) is 11.0. The molecular formula is C17H25N3O3. The molecule has 2 saturated heterocycles. The summed E-state index contributed by atoms with van der Waals surface area (Å²) in [6.07, 6.45) is 4.01. The topological polar surface area (TPSA) is 65.9 Å². The van der Waals surface area contributed by atoms with Crippen LogP contribution in [0.1, 0.15) is 30.1 Å². The molecule has 0 aliphatic carbocycles. The van der Waals surface area contributed by atoms with Crippen molar-refractivity contribution in [3.8, 4) is 0 Å². The highest BCUT2D eigenvalue weighted by molar-refractivity contribution is 5.93. The van der Waals surface area contributed by atoms with E-state index in [1.165, 1.54) is 19.8 Å². The summed E-state index contributed by atoms with van der Waals surface area (Å²) < 4.78 is 5.63. The maximum atomic E-state index is 11.4. The highest BCUT2D eigenvalue weighted by Crippen LogP contribution is 2.21. The Balaban J connectivity index is 1.71. The lowest BCUT2D eigenvalue weighted by molar-refractivity contribution is -0.0439. The zero-order valence-corrected chi connectivity index (χ0v) is 13.7. The number of anilines is 1. The first-order valence-electron chi connectivity index (χ1n) is 8.30. The van der Waals surface area contributed by atoms with E-state index in [2.05, 4.69) is 9.88 Å². The van der Waals surface area contributed by atoms with Crippen molar-refractivity contribution >= 4 is 11.6 Å². The molecule has 0 aromatic carbocycles. The lowest BCUT2D eigenvalue weighted by Crippen LogP contribution is -2.52. The molecule has 0 spiro atoms. The molecule has 1 aromatic rings. The van der Waals surface area contributed by atoms with Gasteiger partial charge >= 0.3 is 0 Å². The van der Waals surface area contributed by atoms with Gasteiger partial charge in [-0.15, -0.1) is 0 Å². The molecule has 0 bridgehead atoms. The number of ether oxygens (including phenoxy) is 1. The van der Waals surface area contributed by atoms with Gasteiger partial charge in [-0.1, -0.05) is 0 Å². The summed E-state index contributed by atoms with van der Waals surface area (Å²) in [5.74, 6) is 0.786. The van der Waals surface area contributed by atoms with Crippen LogP contribution in [0.2, 0.25) is 0 Å². The molecule has 1 N–H and O–H groups in total. The Morgan fingerprint density at radius 1 is 1.35 bits per heavy atom. The van der Waals surface area contributed by atoms with Gasteiger partial charge in [-0.05, 0) is 45.0 Å². The third kappa shape index (κ3) is 4.07. The van der Waals surface area contributed by atoms with E-state index in [0.717, 1.165) is 18.9 Å². The van der Waals surface area contributed by atoms with Crippen LogP contribution in [0.25, 0.3) is 0 Å². The molecule has 0 saturated carbocycles. The van der Waals surface area contributed by atoms with Gasteiger partial charge in [0.1, 0.15) is 11.4 Å². The van der Waals surface area contributed by atoms with E-state index in [0.29, 0.717) is 38.4 Å². The molecule has 6 heteroatoms. The lowest BCUT2D eigenvalue weighted by atomic mass is 10.0. The second-order valence-corrected chi connectivity index (χ2v) is 6.64. The second kappa shape index (κ2) is 6.95. The predicted octanol–water partition coefficient (Wildman–Crippen LogP) is 0.948. The number of likely N-dealkylation sites (tertiary alicyclic amines) is 1. The Bertz CT molecular complexity index is 543. The third-order valence-electron chi connectivity index (χ3n) is 4.56. The number of hydrogen-bond donors (Lipinski definition) is 1. The molecule has 0 radical (unpaired) electrons. The van der Waals surface area contributed by atoms with Crippen molar-refractivity contribution in [1.82, 2.24) is 9.88 Å². The minimum absolute atomic E-state index is 0.00814. The highest BCUT2D eigenvalue weighted by Gasteiger charge is 2.35. The molecule has 1 atom stereocenters. The molecule has 6 nitrogen and oxygen atoms in total. The zero-order valence-electron chi connectivity index (χ0n) is 13.7. The average Bonchev–Trinajstić information content (AvgIpc) is 2.95. The number of carbonyl (C=O) groups excluding carboxylic acids is 1. The van der Waals surface area contributed by atoms with Crippen molar-refractivity contribution in [2.45, 2.75) is 25.4 Å². The average molecular weight is 319 g/mol. The Morgan fingerprint density at radius 3 is 2.78 bits per heavy atom.